The van der Waals surface area contributed by atoms with E-state index in [1.54, 1.807) is 0 Å². The SMILES string of the molecule is CC1(C)CCCC(Nc2cc(Cl)cc3cccnc23)CC1. The van der Waals surface area contributed by atoms with Gasteiger partial charge in [-0.05, 0) is 49.3 Å². The van der Waals surface area contributed by atoms with Gasteiger partial charge in [-0.2, -0.15) is 0 Å². The highest BCUT2D eigenvalue weighted by Crippen LogP contribution is 2.35. The van der Waals surface area contributed by atoms with Crippen LogP contribution >= 0.6 is 11.6 Å². The first-order valence-corrected chi connectivity index (χ1v) is 8.22. The first kappa shape index (κ1) is 14.6. The lowest BCUT2D eigenvalue weighted by molar-refractivity contribution is 0.313. The Morgan fingerprint density at radius 3 is 2.95 bits per heavy atom. The number of rotatable bonds is 2. The number of benzene rings is 1. The molecule has 1 heterocycles. The second-order valence-electron chi connectivity index (χ2n) is 6.96. The van der Waals surface area contributed by atoms with Crippen LogP contribution in [0.5, 0.6) is 0 Å². The lowest BCUT2D eigenvalue weighted by Gasteiger charge is -2.22. The number of halogens is 1. The molecule has 0 bridgehead atoms. The fraction of sp³-hybridized carbons (Fsp3) is 0.500. The number of fused-ring (bicyclic) bond motifs is 1. The van der Waals surface area contributed by atoms with Gasteiger partial charge in [-0.25, -0.2) is 0 Å². The Morgan fingerprint density at radius 2 is 2.10 bits per heavy atom. The van der Waals surface area contributed by atoms with Crippen LogP contribution in [-0.2, 0) is 0 Å². The van der Waals surface area contributed by atoms with Gasteiger partial charge in [0.15, 0.2) is 0 Å². The molecule has 1 aromatic carbocycles. The molecule has 21 heavy (non-hydrogen) atoms. The number of pyridine rings is 1. The molecule has 2 aromatic rings. The maximum Gasteiger partial charge on any atom is 0.0934 e. The fourth-order valence-corrected chi connectivity index (χ4v) is 3.52. The van der Waals surface area contributed by atoms with E-state index in [9.17, 15) is 0 Å². The summed E-state index contributed by atoms with van der Waals surface area (Å²) in [6.07, 6.45) is 8.17. The molecule has 1 N–H and O–H groups in total. The summed E-state index contributed by atoms with van der Waals surface area (Å²) in [5, 5.41) is 5.56. The summed E-state index contributed by atoms with van der Waals surface area (Å²) in [6, 6.07) is 8.53. The summed E-state index contributed by atoms with van der Waals surface area (Å²) in [6.45, 7) is 4.76. The van der Waals surface area contributed by atoms with E-state index in [0.29, 0.717) is 11.5 Å². The van der Waals surface area contributed by atoms with Gasteiger partial charge in [-0.3, -0.25) is 4.98 Å². The molecule has 2 nitrogen and oxygen atoms in total. The van der Waals surface area contributed by atoms with Gasteiger partial charge in [0.1, 0.15) is 0 Å². The maximum absolute atomic E-state index is 6.25. The molecule has 0 saturated heterocycles. The topological polar surface area (TPSA) is 24.9 Å². The van der Waals surface area contributed by atoms with Crippen molar-refractivity contribution in [1.29, 1.82) is 0 Å². The van der Waals surface area contributed by atoms with Crippen molar-refractivity contribution in [1.82, 2.24) is 4.98 Å². The third kappa shape index (κ3) is 3.49. The van der Waals surface area contributed by atoms with E-state index >= 15 is 0 Å². The van der Waals surface area contributed by atoms with Crippen LogP contribution in [0, 0.1) is 5.41 Å². The third-order valence-electron chi connectivity index (χ3n) is 4.60. The molecule has 0 aliphatic heterocycles. The van der Waals surface area contributed by atoms with Crippen molar-refractivity contribution in [3.63, 3.8) is 0 Å². The maximum atomic E-state index is 6.25. The number of aromatic nitrogens is 1. The van der Waals surface area contributed by atoms with Gasteiger partial charge in [0.25, 0.3) is 0 Å². The Labute approximate surface area is 131 Å². The molecule has 3 rings (SSSR count). The number of nitrogens with zero attached hydrogens (tertiary/aromatic N) is 1. The predicted octanol–water partition coefficient (Wildman–Crippen LogP) is 5.66. The van der Waals surface area contributed by atoms with Crippen molar-refractivity contribution < 1.29 is 0 Å². The Morgan fingerprint density at radius 1 is 1.24 bits per heavy atom. The van der Waals surface area contributed by atoms with Crippen LogP contribution in [0.15, 0.2) is 30.5 Å². The first-order chi connectivity index (χ1) is 10.0. The Balaban J connectivity index is 1.84. The van der Waals surface area contributed by atoms with Crippen molar-refractivity contribution in [3.05, 3.63) is 35.5 Å². The van der Waals surface area contributed by atoms with E-state index in [1.807, 2.05) is 24.4 Å². The molecule has 0 radical (unpaired) electrons. The van der Waals surface area contributed by atoms with Crippen LogP contribution in [0.1, 0.15) is 46.0 Å². The van der Waals surface area contributed by atoms with Gasteiger partial charge in [0.2, 0.25) is 0 Å². The highest BCUT2D eigenvalue weighted by atomic mass is 35.5. The number of nitrogens with one attached hydrogen (secondary N) is 1. The number of hydrogen-bond donors (Lipinski definition) is 1. The minimum Gasteiger partial charge on any atom is -0.381 e. The summed E-state index contributed by atoms with van der Waals surface area (Å²) in [7, 11) is 0. The van der Waals surface area contributed by atoms with Crippen LogP contribution in [0.4, 0.5) is 5.69 Å². The monoisotopic (exact) mass is 302 g/mol. The van der Waals surface area contributed by atoms with E-state index < -0.39 is 0 Å². The van der Waals surface area contributed by atoms with Crippen LogP contribution in [0.25, 0.3) is 10.9 Å². The quantitative estimate of drug-likeness (QED) is 0.724. The highest BCUT2D eigenvalue weighted by Gasteiger charge is 2.24. The molecule has 1 saturated carbocycles. The second kappa shape index (κ2) is 5.84. The van der Waals surface area contributed by atoms with Crippen molar-refractivity contribution in [2.24, 2.45) is 5.41 Å². The largest absolute Gasteiger partial charge is 0.381 e. The first-order valence-electron chi connectivity index (χ1n) is 7.84. The standard InChI is InChI=1S/C18H23ClN2/c1-18(2)8-3-6-15(7-9-18)21-16-12-14(19)11-13-5-4-10-20-17(13)16/h4-5,10-12,15,21H,3,6-9H2,1-2H3. The number of anilines is 1. The lowest BCUT2D eigenvalue weighted by Crippen LogP contribution is -2.19. The predicted molar refractivity (Wildman–Crippen MR) is 91.0 cm³/mol. The van der Waals surface area contributed by atoms with E-state index in [-0.39, 0.29) is 0 Å². The van der Waals surface area contributed by atoms with Crippen LogP contribution in [0.3, 0.4) is 0 Å². The molecule has 1 atom stereocenters. The zero-order valence-corrected chi connectivity index (χ0v) is 13.6. The van der Waals surface area contributed by atoms with Crippen LogP contribution in [-0.4, -0.2) is 11.0 Å². The molecule has 1 unspecified atom stereocenters. The lowest BCUT2D eigenvalue weighted by atomic mass is 9.85. The van der Waals surface area contributed by atoms with Gasteiger partial charge < -0.3 is 5.32 Å². The third-order valence-corrected chi connectivity index (χ3v) is 4.82. The molecule has 1 aromatic heterocycles. The zero-order valence-electron chi connectivity index (χ0n) is 12.8. The Hall–Kier alpha value is -1.28. The molecule has 1 fully saturated rings. The summed E-state index contributed by atoms with van der Waals surface area (Å²) in [5.41, 5.74) is 2.57. The molecular weight excluding hydrogens is 280 g/mol. The molecule has 0 spiro atoms. The smallest absolute Gasteiger partial charge is 0.0934 e. The van der Waals surface area contributed by atoms with Crippen molar-refractivity contribution in [3.8, 4) is 0 Å². The summed E-state index contributed by atoms with van der Waals surface area (Å²) in [5.74, 6) is 0. The molecule has 0 amide bonds. The van der Waals surface area contributed by atoms with Crippen molar-refractivity contribution in [2.75, 3.05) is 5.32 Å². The summed E-state index contributed by atoms with van der Waals surface area (Å²) >= 11 is 6.25. The van der Waals surface area contributed by atoms with Crippen LogP contribution < -0.4 is 5.32 Å². The Bertz CT molecular complexity index is 636. The normalized spacial score (nSPS) is 22.0. The van der Waals surface area contributed by atoms with Gasteiger partial charge in [-0.15, -0.1) is 0 Å². The van der Waals surface area contributed by atoms with Gasteiger partial charge in [0, 0.05) is 22.6 Å². The van der Waals surface area contributed by atoms with Gasteiger partial charge in [-0.1, -0.05) is 37.9 Å². The minimum absolute atomic E-state index is 0.477. The van der Waals surface area contributed by atoms with E-state index in [4.69, 9.17) is 11.6 Å². The minimum atomic E-state index is 0.477. The number of hydrogen-bond acceptors (Lipinski definition) is 2. The highest BCUT2D eigenvalue weighted by molar-refractivity contribution is 6.31. The van der Waals surface area contributed by atoms with E-state index in [1.165, 1.54) is 32.1 Å². The van der Waals surface area contributed by atoms with Gasteiger partial charge in [0.05, 0.1) is 11.2 Å². The van der Waals surface area contributed by atoms with Crippen molar-refractivity contribution >= 4 is 28.2 Å². The zero-order chi connectivity index (χ0) is 14.9. The molecule has 3 heteroatoms. The summed E-state index contributed by atoms with van der Waals surface area (Å²) < 4.78 is 0. The summed E-state index contributed by atoms with van der Waals surface area (Å²) in [4.78, 5) is 4.52. The van der Waals surface area contributed by atoms with E-state index in [0.717, 1.165) is 21.6 Å². The second-order valence-corrected chi connectivity index (χ2v) is 7.40. The fourth-order valence-electron chi connectivity index (χ4n) is 3.29. The molecule has 1 aliphatic rings. The van der Waals surface area contributed by atoms with Crippen molar-refractivity contribution in [2.45, 2.75) is 52.0 Å². The van der Waals surface area contributed by atoms with Gasteiger partial charge >= 0.3 is 0 Å². The average Bonchev–Trinajstić information content (AvgIpc) is 2.60. The average molecular weight is 303 g/mol. The molecular formula is C18H23ClN2. The van der Waals surface area contributed by atoms with E-state index in [2.05, 4.69) is 30.2 Å². The molecule has 112 valence electrons. The Kier molecular flexibility index (Phi) is 4.08. The van der Waals surface area contributed by atoms with Crippen LogP contribution in [0.2, 0.25) is 5.02 Å². The molecule has 1 aliphatic carbocycles.